The molecule has 0 fully saturated rings. The summed E-state index contributed by atoms with van der Waals surface area (Å²) in [4.78, 5) is 10.8. The number of rotatable bonds is 2. The molecule has 0 aliphatic heterocycles. The first kappa shape index (κ1) is 9.58. The zero-order valence-electron chi connectivity index (χ0n) is 7.74. The maximum atomic E-state index is 10.8. The summed E-state index contributed by atoms with van der Waals surface area (Å²) < 4.78 is 0. The zero-order valence-corrected chi connectivity index (χ0v) is 7.74. The third-order valence-electron chi connectivity index (χ3n) is 1.95. The van der Waals surface area contributed by atoms with Crippen LogP contribution in [0.15, 0.2) is 18.2 Å². The second kappa shape index (κ2) is 3.47. The lowest BCUT2D eigenvalue weighted by Gasteiger charge is -2.07. The van der Waals surface area contributed by atoms with Gasteiger partial charge in [0.1, 0.15) is 5.75 Å². The number of benzene rings is 1. The average Bonchev–Trinajstić information content (AvgIpc) is 2.03. The van der Waals surface area contributed by atoms with Gasteiger partial charge in [-0.3, -0.25) is 4.79 Å². The monoisotopic (exact) mass is 179 g/mol. The SMILES string of the molecule is CC(C)c1ccc(C(N)=O)c(O)c1. The quantitative estimate of drug-likeness (QED) is 0.724. The standard InChI is InChI=1S/C10H13NO2/c1-6(2)7-3-4-8(10(11)13)9(12)5-7/h3-6,12H,1-2H3,(H2,11,13). The third-order valence-corrected chi connectivity index (χ3v) is 1.95. The highest BCUT2D eigenvalue weighted by Gasteiger charge is 2.08. The minimum absolute atomic E-state index is 0.0429. The van der Waals surface area contributed by atoms with Crippen LogP contribution in [-0.2, 0) is 0 Å². The Labute approximate surface area is 77.2 Å². The van der Waals surface area contributed by atoms with Gasteiger partial charge in [-0.2, -0.15) is 0 Å². The van der Waals surface area contributed by atoms with E-state index in [-0.39, 0.29) is 11.3 Å². The molecular formula is C10H13NO2. The number of phenols is 1. The van der Waals surface area contributed by atoms with E-state index in [4.69, 9.17) is 5.73 Å². The van der Waals surface area contributed by atoms with E-state index in [2.05, 4.69) is 0 Å². The fourth-order valence-electron chi connectivity index (χ4n) is 1.12. The van der Waals surface area contributed by atoms with Crippen LogP contribution in [0, 0.1) is 0 Å². The highest BCUT2D eigenvalue weighted by molar-refractivity contribution is 5.95. The average molecular weight is 179 g/mol. The fourth-order valence-corrected chi connectivity index (χ4v) is 1.12. The Balaban J connectivity index is 3.13. The normalized spacial score (nSPS) is 10.4. The summed E-state index contributed by atoms with van der Waals surface area (Å²) in [6.45, 7) is 4.03. The molecule has 1 amide bonds. The van der Waals surface area contributed by atoms with Crippen molar-refractivity contribution < 1.29 is 9.90 Å². The molecule has 0 aromatic heterocycles. The Bertz CT molecular complexity index is 332. The lowest BCUT2D eigenvalue weighted by molar-refractivity contribution is 0.0998. The van der Waals surface area contributed by atoms with Crippen LogP contribution in [-0.4, -0.2) is 11.0 Å². The third kappa shape index (κ3) is 1.99. The summed E-state index contributed by atoms with van der Waals surface area (Å²) in [5, 5.41) is 9.41. The van der Waals surface area contributed by atoms with E-state index in [0.29, 0.717) is 5.92 Å². The molecule has 0 atom stereocenters. The molecule has 3 N–H and O–H groups in total. The lowest BCUT2D eigenvalue weighted by Crippen LogP contribution is -2.11. The number of primary amides is 1. The molecule has 13 heavy (non-hydrogen) atoms. The van der Waals surface area contributed by atoms with Crippen molar-refractivity contribution in [3.8, 4) is 5.75 Å². The maximum Gasteiger partial charge on any atom is 0.252 e. The second-order valence-electron chi connectivity index (χ2n) is 3.30. The molecule has 1 rings (SSSR count). The molecule has 1 aromatic carbocycles. The largest absolute Gasteiger partial charge is 0.507 e. The van der Waals surface area contributed by atoms with Crippen molar-refractivity contribution in [1.82, 2.24) is 0 Å². The summed E-state index contributed by atoms with van der Waals surface area (Å²) in [6.07, 6.45) is 0. The van der Waals surface area contributed by atoms with E-state index in [9.17, 15) is 9.90 Å². The van der Waals surface area contributed by atoms with Crippen molar-refractivity contribution in [3.05, 3.63) is 29.3 Å². The van der Waals surface area contributed by atoms with Gasteiger partial charge in [-0.15, -0.1) is 0 Å². The van der Waals surface area contributed by atoms with Crippen LogP contribution in [0.5, 0.6) is 5.75 Å². The first-order valence-electron chi connectivity index (χ1n) is 4.15. The van der Waals surface area contributed by atoms with Crippen LogP contribution in [0.2, 0.25) is 0 Å². The van der Waals surface area contributed by atoms with Crippen molar-refractivity contribution in [1.29, 1.82) is 0 Å². The molecule has 0 spiro atoms. The Morgan fingerprint density at radius 2 is 2.08 bits per heavy atom. The first-order valence-corrected chi connectivity index (χ1v) is 4.15. The minimum Gasteiger partial charge on any atom is -0.507 e. The minimum atomic E-state index is -0.604. The molecule has 0 heterocycles. The van der Waals surface area contributed by atoms with E-state index >= 15 is 0 Å². The maximum absolute atomic E-state index is 10.8. The molecule has 0 unspecified atom stereocenters. The van der Waals surface area contributed by atoms with E-state index in [1.54, 1.807) is 18.2 Å². The van der Waals surface area contributed by atoms with Crippen molar-refractivity contribution in [3.63, 3.8) is 0 Å². The zero-order chi connectivity index (χ0) is 10.0. The molecule has 0 saturated carbocycles. The van der Waals surface area contributed by atoms with Gasteiger partial charge in [-0.1, -0.05) is 19.9 Å². The predicted molar refractivity (Wildman–Crippen MR) is 50.7 cm³/mol. The summed E-state index contributed by atoms with van der Waals surface area (Å²) in [6, 6.07) is 4.92. The predicted octanol–water partition coefficient (Wildman–Crippen LogP) is 1.61. The summed E-state index contributed by atoms with van der Waals surface area (Å²) in [7, 11) is 0. The van der Waals surface area contributed by atoms with Crippen molar-refractivity contribution in [2.75, 3.05) is 0 Å². The number of hydrogen-bond acceptors (Lipinski definition) is 2. The fraction of sp³-hybridized carbons (Fsp3) is 0.300. The molecule has 0 saturated heterocycles. The second-order valence-corrected chi connectivity index (χ2v) is 3.30. The van der Waals surface area contributed by atoms with Gasteiger partial charge < -0.3 is 10.8 Å². The van der Waals surface area contributed by atoms with Crippen LogP contribution in [0.4, 0.5) is 0 Å². The van der Waals surface area contributed by atoms with Crippen molar-refractivity contribution in [2.45, 2.75) is 19.8 Å². The number of hydrogen-bond donors (Lipinski definition) is 2. The van der Waals surface area contributed by atoms with Gasteiger partial charge in [0, 0.05) is 0 Å². The van der Waals surface area contributed by atoms with Crippen LogP contribution >= 0.6 is 0 Å². The first-order chi connectivity index (χ1) is 6.02. The summed E-state index contributed by atoms with van der Waals surface area (Å²) >= 11 is 0. The van der Waals surface area contributed by atoms with Gasteiger partial charge in [0.05, 0.1) is 5.56 Å². The van der Waals surface area contributed by atoms with Crippen LogP contribution in [0.3, 0.4) is 0 Å². The van der Waals surface area contributed by atoms with E-state index < -0.39 is 5.91 Å². The Kier molecular flexibility index (Phi) is 2.56. The van der Waals surface area contributed by atoms with Gasteiger partial charge in [0.15, 0.2) is 0 Å². The highest BCUT2D eigenvalue weighted by atomic mass is 16.3. The Morgan fingerprint density at radius 3 is 2.46 bits per heavy atom. The number of amides is 1. The lowest BCUT2D eigenvalue weighted by atomic mass is 10.0. The molecule has 3 heteroatoms. The molecule has 0 radical (unpaired) electrons. The summed E-state index contributed by atoms with van der Waals surface area (Å²) in [5.74, 6) is -0.320. The number of aromatic hydroxyl groups is 1. The topological polar surface area (TPSA) is 63.3 Å². The highest BCUT2D eigenvalue weighted by Crippen LogP contribution is 2.22. The van der Waals surface area contributed by atoms with Crippen LogP contribution in [0.25, 0.3) is 0 Å². The van der Waals surface area contributed by atoms with E-state index in [0.717, 1.165) is 5.56 Å². The van der Waals surface area contributed by atoms with E-state index in [1.807, 2.05) is 13.8 Å². The molecule has 70 valence electrons. The van der Waals surface area contributed by atoms with Gasteiger partial charge in [-0.25, -0.2) is 0 Å². The van der Waals surface area contributed by atoms with Crippen LogP contribution < -0.4 is 5.73 Å². The number of carbonyl (C=O) groups is 1. The molecule has 0 bridgehead atoms. The molecule has 0 aliphatic carbocycles. The van der Waals surface area contributed by atoms with Gasteiger partial charge in [-0.05, 0) is 23.6 Å². The van der Waals surface area contributed by atoms with Gasteiger partial charge >= 0.3 is 0 Å². The molecule has 1 aromatic rings. The van der Waals surface area contributed by atoms with Crippen molar-refractivity contribution >= 4 is 5.91 Å². The van der Waals surface area contributed by atoms with Gasteiger partial charge in [0.2, 0.25) is 0 Å². The van der Waals surface area contributed by atoms with Crippen LogP contribution in [0.1, 0.15) is 35.7 Å². The molecular weight excluding hydrogens is 166 g/mol. The number of carbonyl (C=O) groups excluding carboxylic acids is 1. The van der Waals surface area contributed by atoms with Crippen molar-refractivity contribution in [2.24, 2.45) is 5.73 Å². The molecule has 3 nitrogen and oxygen atoms in total. The van der Waals surface area contributed by atoms with E-state index in [1.165, 1.54) is 0 Å². The van der Waals surface area contributed by atoms with Gasteiger partial charge in [0.25, 0.3) is 5.91 Å². The molecule has 0 aliphatic rings. The smallest absolute Gasteiger partial charge is 0.252 e. The Hall–Kier alpha value is -1.51. The summed E-state index contributed by atoms with van der Waals surface area (Å²) in [5.41, 5.74) is 6.20. The number of nitrogens with two attached hydrogens (primary N) is 1. The Morgan fingerprint density at radius 1 is 1.46 bits per heavy atom.